The van der Waals surface area contributed by atoms with Gasteiger partial charge in [-0.05, 0) is 45.1 Å². The van der Waals surface area contributed by atoms with Gasteiger partial charge in [-0.1, -0.05) is 0 Å². The summed E-state index contributed by atoms with van der Waals surface area (Å²) in [4.78, 5) is 52.6. The molecule has 3 amide bonds. The lowest BCUT2D eigenvalue weighted by Crippen LogP contribution is -2.57. The van der Waals surface area contributed by atoms with Gasteiger partial charge in [0.05, 0.1) is 6.04 Å². The molecule has 4 unspecified atom stereocenters. The minimum absolute atomic E-state index is 0.0608. The molecule has 28 heavy (non-hydrogen) atoms. The van der Waals surface area contributed by atoms with Gasteiger partial charge >= 0.3 is 5.97 Å². The van der Waals surface area contributed by atoms with Gasteiger partial charge < -0.3 is 25.5 Å². The Labute approximate surface area is 169 Å². The number of amides is 3. The summed E-state index contributed by atoms with van der Waals surface area (Å²) in [5.74, 6) is -1.83. The molecule has 9 nitrogen and oxygen atoms in total. The fourth-order valence-corrected chi connectivity index (χ4v) is 4.59. The highest BCUT2D eigenvalue weighted by molar-refractivity contribution is 7.80. The summed E-state index contributed by atoms with van der Waals surface area (Å²) in [6.07, 6.45) is 4.04. The molecule has 0 aliphatic carbocycles. The maximum Gasteiger partial charge on any atom is 0.326 e. The van der Waals surface area contributed by atoms with Crippen molar-refractivity contribution in [1.29, 1.82) is 0 Å². The Hall–Kier alpha value is -1.81. The van der Waals surface area contributed by atoms with Crippen molar-refractivity contribution in [2.45, 2.75) is 62.7 Å². The highest BCUT2D eigenvalue weighted by atomic mass is 32.1. The van der Waals surface area contributed by atoms with E-state index in [1.807, 2.05) is 0 Å². The number of rotatable bonds is 6. The normalized spacial score (nSPS) is 28.4. The quantitative estimate of drug-likeness (QED) is 0.425. The molecule has 0 aromatic rings. The molecule has 0 spiro atoms. The maximum atomic E-state index is 12.8. The molecule has 0 aromatic heterocycles. The number of carboxylic acid groups (broad SMARTS) is 1. The number of hydrogen-bond acceptors (Lipinski definition) is 6. The number of hydrogen-bond donors (Lipinski definition) is 4. The van der Waals surface area contributed by atoms with Gasteiger partial charge in [0, 0.05) is 18.8 Å². The van der Waals surface area contributed by atoms with Crippen LogP contribution in [0, 0.1) is 0 Å². The number of aliphatic carboxylic acids is 1. The Balaban J connectivity index is 1.63. The molecule has 0 radical (unpaired) electrons. The van der Waals surface area contributed by atoms with Crippen molar-refractivity contribution in [3.05, 3.63) is 0 Å². The highest BCUT2D eigenvalue weighted by Crippen LogP contribution is 2.22. The van der Waals surface area contributed by atoms with Crippen molar-refractivity contribution in [2.75, 3.05) is 25.4 Å². The molecule has 3 saturated heterocycles. The number of thiol groups is 1. The van der Waals surface area contributed by atoms with Crippen LogP contribution in [-0.2, 0) is 19.2 Å². The molecule has 3 fully saturated rings. The zero-order valence-corrected chi connectivity index (χ0v) is 16.7. The Morgan fingerprint density at radius 1 is 1.04 bits per heavy atom. The molecule has 0 aromatic carbocycles. The highest BCUT2D eigenvalue weighted by Gasteiger charge is 2.41. The van der Waals surface area contributed by atoms with Crippen LogP contribution in [0.2, 0.25) is 0 Å². The van der Waals surface area contributed by atoms with Crippen molar-refractivity contribution >= 4 is 36.3 Å². The van der Waals surface area contributed by atoms with Gasteiger partial charge in [0.1, 0.15) is 18.1 Å². The Morgan fingerprint density at radius 3 is 2.32 bits per heavy atom. The molecule has 3 N–H and O–H groups in total. The lowest BCUT2D eigenvalue weighted by molar-refractivity contribution is -0.149. The van der Waals surface area contributed by atoms with Gasteiger partial charge in [-0.2, -0.15) is 12.6 Å². The van der Waals surface area contributed by atoms with Crippen molar-refractivity contribution in [3.63, 3.8) is 0 Å². The molecule has 10 heteroatoms. The Morgan fingerprint density at radius 2 is 1.71 bits per heavy atom. The Kier molecular flexibility index (Phi) is 6.82. The summed E-state index contributed by atoms with van der Waals surface area (Å²) < 4.78 is 0. The minimum atomic E-state index is -1.04. The first kappa shape index (κ1) is 20.9. The first-order valence-electron chi connectivity index (χ1n) is 9.92. The van der Waals surface area contributed by atoms with Gasteiger partial charge in [0.25, 0.3) is 0 Å². The summed E-state index contributed by atoms with van der Waals surface area (Å²) in [6.45, 7) is 1.69. The SMILES string of the molecule is O=C(O)C1CCCN1C(=O)C(CS)NC(=O)C1CCCN1C(=O)C1CCCN1. The van der Waals surface area contributed by atoms with E-state index in [2.05, 4.69) is 23.3 Å². The molecular weight excluding hydrogens is 384 g/mol. The molecule has 3 aliphatic rings. The van der Waals surface area contributed by atoms with E-state index < -0.39 is 30.0 Å². The molecule has 0 bridgehead atoms. The van der Waals surface area contributed by atoms with Gasteiger partial charge in [-0.15, -0.1) is 0 Å². The van der Waals surface area contributed by atoms with Crippen molar-refractivity contribution < 1.29 is 24.3 Å². The van der Waals surface area contributed by atoms with Crippen molar-refractivity contribution in [3.8, 4) is 0 Å². The largest absolute Gasteiger partial charge is 0.480 e. The first-order valence-corrected chi connectivity index (χ1v) is 10.6. The van der Waals surface area contributed by atoms with Crippen molar-refractivity contribution in [2.24, 2.45) is 0 Å². The first-order chi connectivity index (χ1) is 13.4. The molecule has 3 aliphatic heterocycles. The molecule has 3 heterocycles. The van der Waals surface area contributed by atoms with Crippen LogP contribution in [0.25, 0.3) is 0 Å². The standard InChI is InChI=1S/C18H28N4O5S/c23-15(13-5-2-8-21(13)16(24)11-4-1-7-19-11)20-12(10-28)17(25)22-9-3-6-14(22)18(26)27/h11-14,19,28H,1-10H2,(H,20,23)(H,26,27). The van der Waals surface area contributed by atoms with Gasteiger partial charge in [0.2, 0.25) is 17.7 Å². The van der Waals surface area contributed by atoms with Crippen LogP contribution < -0.4 is 10.6 Å². The number of nitrogens with zero attached hydrogens (tertiary/aromatic N) is 2. The van der Waals surface area contributed by atoms with E-state index in [-0.39, 0.29) is 23.6 Å². The number of nitrogens with one attached hydrogen (secondary N) is 2. The number of carbonyl (C=O) groups is 4. The Bertz CT molecular complexity index is 639. The van der Waals surface area contributed by atoms with Crippen LogP contribution in [0.15, 0.2) is 0 Å². The van der Waals surface area contributed by atoms with Gasteiger partial charge in [-0.3, -0.25) is 14.4 Å². The summed E-state index contributed by atoms with van der Waals surface area (Å²) in [5, 5.41) is 15.2. The zero-order valence-electron chi connectivity index (χ0n) is 15.8. The summed E-state index contributed by atoms with van der Waals surface area (Å²) in [6, 6.07) is -2.60. The summed E-state index contributed by atoms with van der Waals surface area (Å²) in [7, 11) is 0. The monoisotopic (exact) mass is 412 g/mol. The molecule has 156 valence electrons. The number of likely N-dealkylation sites (tertiary alicyclic amines) is 2. The topological polar surface area (TPSA) is 119 Å². The van der Waals surface area contributed by atoms with Crippen LogP contribution in [0.5, 0.6) is 0 Å². The second-order valence-electron chi connectivity index (χ2n) is 7.61. The summed E-state index contributed by atoms with van der Waals surface area (Å²) in [5.41, 5.74) is 0. The van der Waals surface area contributed by atoms with E-state index in [1.54, 1.807) is 4.90 Å². The molecule has 0 saturated carbocycles. The van der Waals surface area contributed by atoms with Crippen molar-refractivity contribution in [1.82, 2.24) is 20.4 Å². The van der Waals surface area contributed by atoms with E-state index in [0.29, 0.717) is 32.4 Å². The van der Waals surface area contributed by atoms with E-state index in [4.69, 9.17) is 0 Å². The van der Waals surface area contributed by atoms with Gasteiger partial charge in [-0.25, -0.2) is 4.79 Å². The van der Waals surface area contributed by atoms with E-state index in [9.17, 15) is 24.3 Å². The van der Waals surface area contributed by atoms with Crippen LogP contribution >= 0.6 is 12.6 Å². The minimum Gasteiger partial charge on any atom is -0.480 e. The second kappa shape index (κ2) is 9.13. The molecule has 4 atom stereocenters. The smallest absolute Gasteiger partial charge is 0.326 e. The fourth-order valence-electron chi connectivity index (χ4n) is 4.34. The average molecular weight is 413 g/mol. The molecular formula is C18H28N4O5S. The van der Waals surface area contributed by atoms with Crippen LogP contribution in [0.1, 0.15) is 38.5 Å². The molecule has 3 rings (SSSR count). The van der Waals surface area contributed by atoms with E-state index in [1.165, 1.54) is 4.90 Å². The lowest BCUT2D eigenvalue weighted by Gasteiger charge is -2.30. The predicted molar refractivity (Wildman–Crippen MR) is 104 cm³/mol. The summed E-state index contributed by atoms with van der Waals surface area (Å²) >= 11 is 4.18. The van der Waals surface area contributed by atoms with E-state index in [0.717, 1.165) is 25.8 Å². The average Bonchev–Trinajstić information content (AvgIpc) is 3.44. The predicted octanol–water partition coefficient (Wildman–Crippen LogP) is -0.780. The third-order valence-electron chi connectivity index (χ3n) is 5.82. The zero-order chi connectivity index (χ0) is 20.3. The third kappa shape index (κ3) is 4.27. The van der Waals surface area contributed by atoms with Crippen LogP contribution in [0.4, 0.5) is 0 Å². The number of carbonyl (C=O) groups excluding carboxylic acids is 3. The van der Waals surface area contributed by atoms with E-state index >= 15 is 0 Å². The van der Waals surface area contributed by atoms with Crippen LogP contribution in [-0.4, -0.2) is 88.2 Å². The number of carboxylic acids is 1. The van der Waals surface area contributed by atoms with Crippen LogP contribution in [0.3, 0.4) is 0 Å². The third-order valence-corrected chi connectivity index (χ3v) is 6.18. The maximum absolute atomic E-state index is 12.8. The second-order valence-corrected chi connectivity index (χ2v) is 7.98. The lowest BCUT2D eigenvalue weighted by atomic mass is 10.1. The van der Waals surface area contributed by atoms with Gasteiger partial charge in [0.15, 0.2) is 0 Å². The fraction of sp³-hybridized carbons (Fsp3) is 0.778.